The molecular formula is C15H18N6O3. The number of aromatic nitrogens is 4. The summed E-state index contributed by atoms with van der Waals surface area (Å²) in [5.41, 5.74) is 7.05. The molecule has 0 radical (unpaired) electrons. The van der Waals surface area contributed by atoms with Gasteiger partial charge >= 0.3 is 0 Å². The summed E-state index contributed by atoms with van der Waals surface area (Å²) in [7, 11) is 0. The molecule has 0 unspecified atom stereocenters. The van der Waals surface area contributed by atoms with Crippen molar-refractivity contribution in [3.8, 4) is 5.69 Å². The van der Waals surface area contributed by atoms with Crippen LogP contribution in [0.4, 0.5) is 0 Å². The van der Waals surface area contributed by atoms with Gasteiger partial charge in [0, 0.05) is 6.54 Å². The van der Waals surface area contributed by atoms with Gasteiger partial charge in [0.15, 0.2) is 0 Å². The molecule has 0 bridgehead atoms. The molecule has 9 nitrogen and oxygen atoms in total. The van der Waals surface area contributed by atoms with E-state index in [1.165, 1.54) is 15.9 Å². The van der Waals surface area contributed by atoms with Crippen molar-refractivity contribution in [1.29, 1.82) is 0 Å². The molecule has 1 aliphatic rings. The summed E-state index contributed by atoms with van der Waals surface area (Å²) in [6, 6.07) is 6.58. The summed E-state index contributed by atoms with van der Waals surface area (Å²) >= 11 is 0. The number of morpholine rings is 1. The lowest BCUT2D eigenvalue weighted by molar-refractivity contribution is -0.152. The molecular weight excluding hydrogens is 312 g/mol. The van der Waals surface area contributed by atoms with E-state index in [9.17, 15) is 9.59 Å². The normalized spacial score (nSPS) is 20.8. The number of nitrogens with two attached hydrogens (primary N) is 1. The van der Waals surface area contributed by atoms with Crippen molar-refractivity contribution in [2.45, 2.75) is 25.5 Å². The maximum atomic E-state index is 12.6. The number of hydrogen-bond acceptors (Lipinski definition) is 6. The van der Waals surface area contributed by atoms with Crippen LogP contribution in [-0.4, -0.2) is 62.2 Å². The van der Waals surface area contributed by atoms with Gasteiger partial charge in [-0.05, 0) is 35.0 Å². The van der Waals surface area contributed by atoms with E-state index in [0.29, 0.717) is 13.2 Å². The van der Waals surface area contributed by atoms with Crippen LogP contribution in [0.15, 0.2) is 30.6 Å². The number of benzene rings is 1. The fraction of sp³-hybridized carbons (Fsp3) is 0.400. The maximum Gasteiger partial charge on any atom is 0.242 e. The Morgan fingerprint density at radius 3 is 2.71 bits per heavy atom. The molecule has 9 heteroatoms. The Kier molecular flexibility index (Phi) is 4.52. The topological polar surface area (TPSA) is 116 Å². The van der Waals surface area contributed by atoms with E-state index in [1.54, 1.807) is 6.92 Å². The molecule has 2 amide bonds. The molecule has 1 saturated heterocycles. The summed E-state index contributed by atoms with van der Waals surface area (Å²) in [5.74, 6) is -0.700. The lowest BCUT2D eigenvalue weighted by Gasteiger charge is -2.38. The maximum absolute atomic E-state index is 12.6. The highest BCUT2D eigenvalue weighted by Crippen LogP contribution is 2.16. The van der Waals surface area contributed by atoms with Gasteiger partial charge in [0.2, 0.25) is 11.8 Å². The van der Waals surface area contributed by atoms with Crippen molar-refractivity contribution in [1.82, 2.24) is 25.1 Å². The van der Waals surface area contributed by atoms with Crippen LogP contribution in [0.5, 0.6) is 0 Å². The smallest absolute Gasteiger partial charge is 0.242 e. The van der Waals surface area contributed by atoms with Crippen LogP contribution in [-0.2, 0) is 20.7 Å². The molecule has 1 aromatic heterocycles. The number of primary amides is 1. The van der Waals surface area contributed by atoms with Gasteiger partial charge in [-0.1, -0.05) is 12.1 Å². The second kappa shape index (κ2) is 6.75. The predicted molar refractivity (Wildman–Crippen MR) is 83.0 cm³/mol. The average Bonchev–Trinajstić information content (AvgIpc) is 3.09. The second-order valence-corrected chi connectivity index (χ2v) is 5.61. The van der Waals surface area contributed by atoms with Crippen molar-refractivity contribution < 1.29 is 14.3 Å². The van der Waals surface area contributed by atoms with E-state index < -0.39 is 18.1 Å². The molecule has 126 valence electrons. The molecule has 0 spiro atoms. The van der Waals surface area contributed by atoms with Gasteiger partial charge in [0.1, 0.15) is 12.4 Å². The summed E-state index contributed by atoms with van der Waals surface area (Å²) in [5, 5.41) is 11.0. The number of rotatable bonds is 4. The SMILES string of the molecule is C[C@H]1OCCN(C(=O)Cc2ccc(-n3cnnn3)cc2)[C@@H]1C(N)=O. The average molecular weight is 330 g/mol. The van der Waals surface area contributed by atoms with Crippen LogP contribution in [0, 0.1) is 0 Å². The number of amides is 2. The number of carbonyl (C=O) groups is 2. The summed E-state index contributed by atoms with van der Waals surface area (Å²) in [6.07, 6.45) is 1.28. The highest BCUT2D eigenvalue weighted by Gasteiger charge is 2.36. The zero-order valence-corrected chi connectivity index (χ0v) is 13.2. The Morgan fingerprint density at radius 1 is 1.33 bits per heavy atom. The third-order valence-electron chi connectivity index (χ3n) is 4.01. The molecule has 2 heterocycles. The third kappa shape index (κ3) is 3.25. The van der Waals surface area contributed by atoms with E-state index in [2.05, 4.69) is 15.5 Å². The second-order valence-electron chi connectivity index (χ2n) is 5.61. The largest absolute Gasteiger partial charge is 0.374 e. The van der Waals surface area contributed by atoms with Crippen LogP contribution < -0.4 is 5.73 Å². The van der Waals surface area contributed by atoms with Crippen LogP contribution in [0.3, 0.4) is 0 Å². The van der Waals surface area contributed by atoms with Crippen LogP contribution in [0.25, 0.3) is 5.69 Å². The van der Waals surface area contributed by atoms with Crippen molar-refractivity contribution >= 4 is 11.8 Å². The Bertz CT molecular complexity index is 715. The lowest BCUT2D eigenvalue weighted by Crippen LogP contribution is -2.58. The Morgan fingerprint density at radius 2 is 2.08 bits per heavy atom. The van der Waals surface area contributed by atoms with E-state index in [0.717, 1.165) is 11.3 Å². The van der Waals surface area contributed by atoms with Crippen LogP contribution in [0.1, 0.15) is 12.5 Å². The van der Waals surface area contributed by atoms with E-state index in [-0.39, 0.29) is 12.3 Å². The zero-order valence-electron chi connectivity index (χ0n) is 13.2. The zero-order chi connectivity index (χ0) is 17.1. The Hall–Kier alpha value is -2.81. The van der Waals surface area contributed by atoms with E-state index >= 15 is 0 Å². The quantitative estimate of drug-likeness (QED) is 0.793. The molecule has 0 saturated carbocycles. The predicted octanol–water partition coefficient (Wildman–Crippen LogP) is -0.694. The molecule has 2 N–H and O–H groups in total. The Balaban J connectivity index is 1.70. The van der Waals surface area contributed by atoms with Crippen molar-refractivity contribution in [2.24, 2.45) is 5.73 Å². The minimum absolute atomic E-state index is 0.149. The summed E-state index contributed by atoms with van der Waals surface area (Å²) in [4.78, 5) is 25.7. The molecule has 24 heavy (non-hydrogen) atoms. The van der Waals surface area contributed by atoms with Gasteiger partial charge in [0.25, 0.3) is 0 Å². The van der Waals surface area contributed by atoms with Gasteiger partial charge in [-0.15, -0.1) is 5.10 Å². The first kappa shape index (κ1) is 16.1. The summed E-state index contributed by atoms with van der Waals surface area (Å²) in [6.45, 7) is 2.50. The number of tetrazole rings is 1. The first-order chi connectivity index (χ1) is 11.6. The molecule has 2 aromatic rings. The fourth-order valence-electron chi connectivity index (χ4n) is 2.81. The van der Waals surface area contributed by atoms with Crippen molar-refractivity contribution in [3.63, 3.8) is 0 Å². The molecule has 0 aliphatic carbocycles. The lowest BCUT2D eigenvalue weighted by atomic mass is 10.1. The minimum atomic E-state index is -0.730. The monoisotopic (exact) mass is 330 g/mol. The first-order valence-corrected chi connectivity index (χ1v) is 7.59. The standard InChI is InChI=1S/C15H18N6O3/c1-10-14(15(16)23)20(6-7-24-10)13(22)8-11-2-4-12(5-3-11)21-9-17-18-19-21/h2-5,9-10,14H,6-8H2,1H3,(H2,16,23)/t10-,14+/m1/s1. The highest BCUT2D eigenvalue weighted by molar-refractivity contribution is 5.88. The van der Waals surface area contributed by atoms with Gasteiger partial charge in [-0.2, -0.15) is 0 Å². The molecule has 1 fully saturated rings. The molecule has 1 aromatic carbocycles. The van der Waals surface area contributed by atoms with Gasteiger partial charge in [0.05, 0.1) is 24.8 Å². The number of ether oxygens (including phenoxy) is 1. The molecule has 3 rings (SSSR count). The van der Waals surface area contributed by atoms with Crippen molar-refractivity contribution in [2.75, 3.05) is 13.2 Å². The number of hydrogen-bond donors (Lipinski definition) is 1. The number of nitrogens with zero attached hydrogens (tertiary/aromatic N) is 5. The highest BCUT2D eigenvalue weighted by atomic mass is 16.5. The van der Waals surface area contributed by atoms with Gasteiger partial charge < -0.3 is 15.4 Å². The molecule has 1 aliphatic heterocycles. The first-order valence-electron chi connectivity index (χ1n) is 7.59. The third-order valence-corrected chi connectivity index (χ3v) is 4.01. The van der Waals surface area contributed by atoms with Gasteiger partial charge in [-0.25, -0.2) is 4.68 Å². The Labute approximate surface area is 138 Å². The van der Waals surface area contributed by atoms with E-state index in [4.69, 9.17) is 10.5 Å². The van der Waals surface area contributed by atoms with Crippen molar-refractivity contribution in [3.05, 3.63) is 36.2 Å². The minimum Gasteiger partial charge on any atom is -0.374 e. The fourth-order valence-corrected chi connectivity index (χ4v) is 2.81. The number of carbonyl (C=O) groups excluding carboxylic acids is 2. The molecule has 2 atom stereocenters. The summed E-state index contributed by atoms with van der Waals surface area (Å²) < 4.78 is 6.95. The van der Waals surface area contributed by atoms with E-state index in [1.807, 2.05) is 24.3 Å². The van der Waals surface area contributed by atoms with Gasteiger partial charge in [-0.3, -0.25) is 9.59 Å². The van der Waals surface area contributed by atoms with Crippen LogP contribution >= 0.6 is 0 Å². The van der Waals surface area contributed by atoms with Crippen LogP contribution in [0.2, 0.25) is 0 Å².